The first-order valence-electron chi connectivity index (χ1n) is 4.34. The third-order valence-electron chi connectivity index (χ3n) is 1.50. The van der Waals surface area contributed by atoms with Crippen molar-refractivity contribution >= 4 is 11.9 Å². The number of aromatic amines is 1. The van der Waals surface area contributed by atoms with Crippen molar-refractivity contribution in [2.24, 2.45) is 5.41 Å². The Morgan fingerprint density at radius 2 is 2.21 bits per heavy atom. The lowest BCUT2D eigenvalue weighted by atomic mass is 9.97. The first kappa shape index (κ1) is 10.5. The molecule has 4 N–H and O–H groups in total. The predicted octanol–water partition coefficient (Wildman–Crippen LogP) is 0.163. The summed E-state index contributed by atoms with van der Waals surface area (Å²) in [7, 11) is 0. The Balaban J connectivity index is 2.52. The standard InChI is InChI=1S/C8H15N5O/c1-8(2,3)4-10-6(14)5-11-7(9)13-12-5/h4H2,1-3H3,(H,10,14)(H3,9,11,12,13). The second-order valence-electron chi connectivity index (χ2n) is 4.29. The van der Waals surface area contributed by atoms with Gasteiger partial charge in [-0.2, -0.15) is 4.98 Å². The minimum atomic E-state index is -0.288. The number of rotatable bonds is 2. The Kier molecular flexibility index (Phi) is 2.73. The van der Waals surface area contributed by atoms with Crippen LogP contribution in [0.5, 0.6) is 0 Å². The molecule has 1 aromatic heterocycles. The third kappa shape index (κ3) is 3.04. The molecule has 0 aliphatic carbocycles. The van der Waals surface area contributed by atoms with Crippen LogP contribution in [0.25, 0.3) is 0 Å². The molecule has 0 saturated heterocycles. The highest BCUT2D eigenvalue weighted by Gasteiger charge is 2.15. The van der Waals surface area contributed by atoms with Gasteiger partial charge in [0.05, 0.1) is 0 Å². The van der Waals surface area contributed by atoms with Crippen molar-refractivity contribution in [3.63, 3.8) is 0 Å². The quantitative estimate of drug-likeness (QED) is 0.629. The molecule has 0 radical (unpaired) electrons. The number of anilines is 1. The van der Waals surface area contributed by atoms with Gasteiger partial charge in [-0.3, -0.25) is 9.89 Å². The Hall–Kier alpha value is -1.59. The van der Waals surface area contributed by atoms with Gasteiger partial charge < -0.3 is 11.1 Å². The molecule has 0 saturated carbocycles. The van der Waals surface area contributed by atoms with Crippen LogP contribution in [0.4, 0.5) is 5.95 Å². The van der Waals surface area contributed by atoms with Crippen LogP contribution >= 0.6 is 0 Å². The second-order valence-corrected chi connectivity index (χ2v) is 4.29. The van der Waals surface area contributed by atoms with Crippen LogP contribution in [0.15, 0.2) is 0 Å². The van der Waals surface area contributed by atoms with Crippen LogP contribution in [0.1, 0.15) is 31.4 Å². The molecule has 1 heterocycles. The first-order valence-corrected chi connectivity index (χ1v) is 4.34. The molecular formula is C8H15N5O. The van der Waals surface area contributed by atoms with Gasteiger partial charge in [-0.1, -0.05) is 20.8 Å². The average molecular weight is 197 g/mol. The fourth-order valence-corrected chi connectivity index (χ4v) is 0.805. The molecule has 1 aromatic rings. The lowest BCUT2D eigenvalue weighted by molar-refractivity contribution is 0.0929. The number of hydrogen-bond donors (Lipinski definition) is 3. The van der Waals surface area contributed by atoms with Crippen molar-refractivity contribution in [3.8, 4) is 0 Å². The molecule has 1 amide bonds. The zero-order valence-electron chi connectivity index (χ0n) is 8.59. The highest BCUT2D eigenvalue weighted by atomic mass is 16.2. The summed E-state index contributed by atoms with van der Waals surface area (Å²) >= 11 is 0. The van der Waals surface area contributed by atoms with Crippen molar-refractivity contribution in [2.45, 2.75) is 20.8 Å². The highest BCUT2D eigenvalue weighted by molar-refractivity contribution is 5.90. The van der Waals surface area contributed by atoms with E-state index in [-0.39, 0.29) is 23.1 Å². The molecular weight excluding hydrogens is 182 g/mol. The third-order valence-corrected chi connectivity index (χ3v) is 1.50. The maximum atomic E-state index is 11.4. The Bertz CT molecular complexity index is 325. The van der Waals surface area contributed by atoms with Crippen LogP contribution in [-0.4, -0.2) is 27.6 Å². The number of carbonyl (C=O) groups excluding carboxylic acids is 1. The van der Waals surface area contributed by atoms with Gasteiger partial charge in [0.15, 0.2) is 0 Å². The average Bonchev–Trinajstić information content (AvgIpc) is 2.46. The van der Waals surface area contributed by atoms with Crippen LogP contribution in [0, 0.1) is 5.41 Å². The number of nitrogens with one attached hydrogen (secondary N) is 2. The molecule has 0 spiro atoms. The minimum Gasteiger partial charge on any atom is -0.366 e. The van der Waals surface area contributed by atoms with Crippen molar-refractivity contribution in [1.82, 2.24) is 20.5 Å². The monoisotopic (exact) mass is 197 g/mol. The summed E-state index contributed by atoms with van der Waals surface area (Å²) in [4.78, 5) is 15.1. The van der Waals surface area contributed by atoms with Crippen LogP contribution in [0.2, 0.25) is 0 Å². The van der Waals surface area contributed by atoms with Gasteiger partial charge >= 0.3 is 0 Å². The lowest BCUT2D eigenvalue weighted by Gasteiger charge is -2.17. The van der Waals surface area contributed by atoms with Crippen molar-refractivity contribution in [1.29, 1.82) is 0 Å². The van der Waals surface area contributed by atoms with E-state index in [0.717, 1.165) is 0 Å². The van der Waals surface area contributed by atoms with Crippen molar-refractivity contribution in [3.05, 3.63) is 5.82 Å². The van der Waals surface area contributed by atoms with Gasteiger partial charge in [-0.15, -0.1) is 5.10 Å². The van der Waals surface area contributed by atoms with Gasteiger partial charge in [0.2, 0.25) is 11.8 Å². The molecule has 14 heavy (non-hydrogen) atoms. The smallest absolute Gasteiger partial charge is 0.288 e. The molecule has 0 aliphatic heterocycles. The number of amides is 1. The van der Waals surface area contributed by atoms with E-state index >= 15 is 0 Å². The minimum absolute atomic E-state index is 0.0429. The largest absolute Gasteiger partial charge is 0.366 e. The molecule has 78 valence electrons. The predicted molar refractivity (Wildman–Crippen MR) is 52.6 cm³/mol. The van der Waals surface area contributed by atoms with E-state index in [0.29, 0.717) is 6.54 Å². The maximum Gasteiger partial charge on any atom is 0.288 e. The first-order chi connectivity index (χ1) is 6.38. The summed E-state index contributed by atoms with van der Waals surface area (Å²) in [5.74, 6) is -0.0678. The van der Waals surface area contributed by atoms with E-state index in [4.69, 9.17) is 5.73 Å². The van der Waals surface area contributed by atoms with Gasteiger partial charge in [0.25, 0.3) is 5.91 Å². The molecule has 6 heteroatoms. The highest BCUT2D eigenvalue weighted by Crippen LogP contribution is 2.10. The van der Waals surface area contributed by atoms with Gasteiger partial charge in [-0.05, 0) is 5.41 Å². The molecule has 0 aromatic carbocycles. The molecule has 0 aliphatic rings. The van der Waals surface area contributed by atoms with E-state index in [9.17, 15) is 4.79 Å². The molecule has 0 atom stereocenters. The fourth-order valence-electron chi connectivity index (χ4n) is 0.805. The molecule has 0 bridgehead atoms. The molecule has 1 rings (SSSR count). The van der Waals surface area contributed by atoms with E-state index in [1.165, 1.54) is 0 Å². The van der Waals surface area contributed by atoms with E-state index in [1.54, 1.807) is 0 Å². The van der Waals surface area contributed by atoms with Gasteiger partial charge in [0, 0.05) is 6.54 Å². The summed E-state index contributed by atoms with van der Waals surface area (Å²) in [6.07, 6.45) is 0. The number of nitrogen functional groups attached to an aromatic ring is 1. The zero-order valence-corrected chi connectivity index (χ0v) is 8.59. The van der Waals surface area contributed by atoms with Gasteiger partial charge in [-0.25, -0.2) is 0 Å². The Morgan fingerprint density at radius 1 is 1.57 bits per heavy atom. The summed E-state index contributed by atoms with van der Waals surface area (Å²) in [6, 6.07) is 0. The number of hydrogen-bond acceptors (Lipinski definition) is 4. The van der Waals surface area contributed by atoms with Gasteiger partial charge in [0.1, 0.15) is 0 Å². The normalized spacial score (nSPS) is 11.4. The van der Waals surface area contributed by atoms with Crippen LogP contribution in [-0.2, 0) is 0 Å². The molecule has 6 nitrogen and oxygen atoms in total. The van der Waals surface area contributed by atoms with Crippen LogP contribution < -0.4 is 11.1 Å². The molecule has 0 unspecified atom stereocenters. The van der Waals surface area contributed by atoms with Crippen molar-refractivity contribution < 1.29 is 4.79 Å². The SMILES string of the molecule is CC(C)(C)CNC(=O)c1nc(N)n[nH]1. The summed E-state index contributed by atoms with van der Waals surface area (Å²) in [6.45, 7) is 6.67. The van der Waals surface area contributed by atoms with E-state index in [2.05, 4.69) is 20.5 Å². The molecule has 0 fully saturated rings. The topological polar surface area (TPSA) is 96.7 Å². The van der Waals surface area contributed by atoms with E-state index in [1.807, 2.05) is 20.8 Å². The number of carbonyl (C=O) groups is 1. The maximum absolute atomic E-state index is 11.4. The number of nitrogens with two attached hydrogens (primary N) is 1. The summed E-state index contributed by atoms with van der Waals surface area (Å²) in [5, 5.41) is 8.73. The summed E-state index contributed by atoms with van der Waals surface area (Å²) < 4.78 is 0. The number of nitrogens with zero attached hydrogens (tertiary/aromatic N) is 2. The second kappa shape index (κ2) is 3.65. The fraction of sp³-hybridized carbons (Fsp3) is 0.625. The summed E-state index contributed by atoms with van der Waals surface area (Å²) in [5.41, 5.74) is 5.31. The Morgan fingerprint density at radius 3 is 2.64 bits per heavy atom. The lowest BCUT2D eigenvalue weighted by Crippen LogP contribution is -2.32. The number of aromatic nitrogens is 3. The van der Waals surface area contributed by atoms with Crippen molar-refractivity contribution in [2.75, 3.05) is 12.3 Å². The zero-order chi connectivity index (χ0) is 10.8. The van der Waals surface area contributed by atoms with Crippen LogP contribution in [0.3, 0.4) is 0 Å². The number of H-pyrrole nitrogens is 1. The van der Waals surface area contributed by atoms with E-state index < -0.39 is 0 Å². The Labute approximate surface area is 82.3 Å².